The second kappa shape index (κ2) is 20.0. The van der Waals surface area contributed by atoms with Crippen molar-refractivity contribution < 1.29 is 14.0 Å². The van der Waals surface area contributed by atoms with Crippen LogP contribution >= 0.6 is 0 Å². The van der Waals surface area contributed by atoms with Crippen LogP contribution in [0.5, 0.6) is 0 Å². The summed E-state index contributed by atoms with van der Waals surface area (Å²) in [6.45, 7) is -4.84. The van der Waals surface area contributed by atoms with E-state index in [0.717, 1.165) is 89.5 Å². The lowest BCUT2D eigenvalue weighted by molar-refractivity contribution is 0.442. The van der Waals surface area contributed by atoms with Crippen molar-refractivity contribution in [1.82, 2.24) is 19.9 Å². The van der Waals surface area contributed by atoms with Gasteiger partial charge in [-0.25, -0.2) is 4.98 Å². The molecule has 0 saturated heterocycles. The molecule has 69 heavy (non-hydrogen) atoms. The van der Waals surface area contributed by atoms with E-state index >= 15 is 0 Å². The van der Waals surface area contributed by atoms with Gasteiger partial charge in [0.05, 0.1) is 17.1 Å². The lowest BCUT2D eigenvalue weighted by Crippen LogP contribution is -2.06. The van der Waals surface area contributed by atoms with Gasteiger partial charge in [0, 0.05) is 61.3 Å². The number of para-hydroxylation sites is 1. The summed E-state index contributed by atoms with van der Waals surface area (Å²) in [6.07, 6.45) is 14.6. The summed E-state index contributed by atoms with van der Waals surface area (Å²) in [5, 5.41) is 1.48. The predicted molar refractivity (Wildman–Crippen MR) is 283 cm³/mol. The van der Waals surface area contributed by atoms with Crippen molar-refractivity contribution >= 4 is 22.1 Å². The smallest absolute Gasteiger partial charge is 0.227 e. The number of hydrogen-bond acceptors (Lipinski definition) is 5. The molecule has 5 aromatic carbocycles. The van der Waals surface area contributed by atoms with Crippen LogP contribution in [0.3, 0.4) is 0 Å². The Balaban J connectivity index is 0.946. The monoisotopic (exact) mass is 906 g/mol. The van der Waals surface area contributed by atoms with Gasteiger partial charge in [0.1, 0.15) is 5.58 Å². The Bertz CT molecular complexity index is 3560. The van der Waals surface area contributed by atoms with E-state index < -0.39 is 19.6 Å². The van der Waals surface area contributed by atoms with E-state index in [1.54, 1.807) is 12.1 Å². The Kier molecular flexibility index (Phi) is 10.6. The van der Waals surface area contributed by atoms with Gasteiger partial charge < -0.3 is 4.42 Å². The van der Waals surface area contributed by atoms with Crippen LogP contribution in [0, 0.1) is 13.7 Å². The van der Waals surface area contributed by atoms with Crippen molar-refractivity contribution in [1.29, 1.82) is 0 Å². The first-order chi connectivity index (χ1) is 36.7. The normalized spacial score (nSPS) is 15.4. The van der Waals surface area contributed by atoms with Gasteiger partial charge in [0.2, 0.25) is 5.71 Å². The summed E-state index contributed by atoms with van der Waals surface area (Å²) in [5.41, 5.74) is 15.5. The fourth-order valence-electron chi connectivity index (χ4n) is 10.1. The lowest BCUT2D eigenvalue weighted by atomic mass is 9.81. The molecule has 0 amide bonds. The van der Waals surface area contributed by atoms with Gasteiger partial charge in [-0.3, -0.25) is 15.0 Å². The fourth-order valence-corrected chi connectivity index (χ4v) is 10.1. The van der Waals surface area contributed by atoms with Crippen molar-refractivity contribution in [3.63, 3.8) is 0 Å². The van der Waals surface area contributed by atoms with E-state index in [1.807, 2.05) is 91.4 Å². The van der Waals surface area contributed by atoms with Crippen LogP contribution in [0.4, 0.5) is 0 Å². The number of fused-ring (bicyclic) bond motifs is 3. The zero-order chi connectivity index (χ0) is 52.4. The van der Waals surface area contributed by atoms with E-state index in [0.29, 0.717) is 53.5 Å². The van der Waals surface area contributed by atoms with Crippen molar-refractivity contribution in [3.8, 4) is 44.9 Å². The minimum absolute atomic E-state index is 0.0449. The first-order valence-electron chi connectivity index (χ1n) is 27.8. The van der Waals surface area contributed by atoms with Crippen LogP contribution in [0.15, 0.2) is 181 Å². The Hall–Kier alpha value is -7.50. The number of rotatable bonds is 14. The highest BCUT2D eigenvalue weighted by Crippen LogP contribution is 2.39. The van der Waals surface area contributed by atoms with E-state index in [9.17, 15) is 1.37 Å². The predicted octanol–water partition coefficient (Wildman–Crippen LogP) is 15.9. The van der Waals surface area contributed by atoms with Gasteiger partial charge >= 0.3 is 0 Å². The van der Waals surface area contributed by atoms with E-state index in [-0.39, 0.29) is 17.0 Å². The summed E-state index contributed by atoms with van der Waals surface area (Å²) in [7, 11) is 0. The average molecular weight is 906 g/mol. The van der Waals surface area contributed by atoms with Crippen LogP contribution < -0.4 is 0 Å². The van der Waals surface area contributed by atoms with Crippen molar-refractivity contribution in [2.75, 3.05) is 0 Å². The molecule has 10 aromatic rings. The average Bonchev–Trinajstić information content (AvgIpc) is 3.83. The molecule has 340 valence electrons. The van der Waals surface area contributed by atoms with Gasteiger partial charge in [-0.2, -0.15) is 0 Å². The molecule has 5 heteroatoms. The highest BCUT2D eigenvalue weighted by atomic mass is 16.3. The molecule has 1 saturated carbocycles. The molecule has 0 bridgehead atoms. The number of hydrogen-bond donors (Lipinski definition) is 0. The van der Waals surface area contributed by atoms with E-state index in [2.05, 4.69) is 71.7 Å². The molecule has 1 fully saturated rings. The second-order valence-electron chi connectivity index (χ2n) is 18.5. The SMILES string of the molecule is [2H]C([2H])([2H])c1ccc2c(n1)oc1c(-c3cc(-c4ccc(C5([2H])CCCCC5)c(C([2H])([2H])[2H])c4)c(CCc4cc(CCc5ccc(-c6ccccc6)nc5)cc(CCc5ccc(-c6ccccc6)nc5)c4)cn3)cccc12. The number of benzene rings is 5. The topological polar surface area (TPSA) is 64.7 Å². The molecular formula is C64H58N4O. The van der Waals surface area contributed by atoms with Crippen LogP contribution in [0.25, 0.3) is 67.0 Å². The number of furan rings is 1. The Labute approximate surface area is 416 Å². The standard InChI is InChI=1S/C64H58N4O/c1-43-35-53(30-32-55(43)50-13-6-3-7-14-50)59-39-62(58-20-12-19-56-57-31-21-44(2)68-64(57)69-63(56)58)67-42-54(59)29-26-49-37-47(24-22-45-27-33-60(65-40-45)51-15-8-4-9-16-51)36-48(38-49)25-23-46-28-34-61(66-41-46)52-17-10-5-11-18-52/h4-5,8-12,15-21,27-28,30-42,50H,3,6-7,13-14,22-26,29H2,1-2H3/i1D3,2D3,50D. The quantitative estimate of drug-likeness (QED) is 0.109. The minimum atomic E-state index is -2.44. The molecule has 1 aliphatic carbocycles. The second-order valence-corrected chi connectivity index (χ2v) is 18.5. The number of pyridine rings is 4. The lowest BCUT2D eigenvalue weighted by Gasteiger charge is -2.24. The Morgan fingerprint density at radius 1 is 0.493 bits per heavy atom. The largest absolute Gasteiger partial charge is 0.437 e. The molecule has 0 N–H and O–H groups in total. The number of aryl methyl sites for hydroxylation is 8. The fraction of sp³-hybridized carbons (Fsp3) is 0.219. The highest BCUT2D eigenvalue weighted by Gasteiger charge is 2.20. The van der Waals surface area contributed by atoms with Crippen molar-refractivity contribution in [3.05, 3.63) is 227 Å². The maximum Gasteiger partial charge on any atom is 0.227 e. The first-order valence-corrected chi connectivity index (χ1v) is 24.3. The van der Waals surface area contributed by atoms with Crippen LogP contribution in [0.1, 0.15) is 97.8 Å². The summed E-state index contributed by atoms with van der Waals surface area (Å²) < 4.78 is 66.1. The third-order valence-corrected chi connectivity index (χ3v) is 13.8. The Morgan fingerprint density at radius 2 is 1.13 bits per heavy atom. The van der Waals surface area contributed by atoms with Gasteiger partial charge in [0.15, 0.2) is 0 Å². The molecule has 5 heterocycles. The first kappa shape index (κ1) is 36.5. The molecule has 5 aromatic heterocycles. The van der Waals surface area contributed by atoms with Crippen LogP contribution in [-0.4, -0.2) is 19.9 Å². The summed E-state index contributed by atoms with van der Waals surface area (Å²) in [4.78, 5) is 19.1. The molecule has 0 spiro atoms. The van der Waals surface area contributed by atoms with E-state index in [1.165, 1.54) is 33.9 Å². The zero-order valence-corrected chi connectivity index (χ0v) is 38.7. The van der Waals surface area contributed by atoms with Crippen molar-refractivity contribution in [2.45, 2.75) is 90.2 Å². The third-order valence-electron chi connectivity index (χ3n) is 13.8. The maximum absolute atomic E-state index is 9.54. The third kappa shape index (κ3) is 9.92. The van der Waals surface area contributed by atoms with Crippen LogP contribution in [0.2, 0.25) is 0 Å². The number of aromatic nitrogens is 4. The van der Waals surface area contributed by atoms with Gasteiger partial charge in [-0.1, -0.05) is 141 Å². The van der Waals surface area contributed by atoms with Gasteiger partial charge in [-0.05, 0) is 163 Å². The van der Waals surface area contributed by atoms with Crippen LogP contribution in [-0.2, 0) is 38.5 Å². The zero-order valence-electron chi connectivity index (χ0n) is 45.7. The maximum atomic E-state index is 9.54. The summed E-state index contributed by atoms with van der Waals surface area (Å²) in [5.74, 6) is -0.968. The van der Waals surface area contributed by atoms with Gasteiger partial charge in [0.25, 0.3) is 0 Å². The highest BCUT2D eigenvalue weighted by molar-refractivity contribution is 6.08. The molecule has 11 rings (SSSR count). The molecule has 0 radical (unpaired) electrons. The molecular weight excluding hydrogens is 841 g/mol. The molecule has 0 aliphatic heterocycles. The van der Waals surface area contributed by atoms with E-state index in [4.69, 9.17) is 27.6 Å². The molecule has 0 atom stereocenters. The molecule has 1 aliphatic rings. The van der Waals surface area contributed by atoms with Crippen molar-refractivity contribution in [2.24, 2.45) is 0 Å². The summed E-state index contributed by atoms with van der Waals surface area (Å²) >= 11 is 0. The molecule has 0 unspecified atom stereocenters. The Morgan fingerprint density at radius 3 is 1.75 bits per heavy atom. The molecule has 5 nitrogen and oxygen atoms in total. The van der Waals surface area contributed by atoms with Gasteiger partial charge in [-0.15, -0.1) is 0 Å². The summed E-state index contributed by atoms with van der Waals surface area (Å²) in [6, 6.07) is 52.7. The minimum Gasteiger partial charge on any atom is -0.437 e. The number of nitrogens with zero attached hydrogens (tertiary/aromatic N) is 4.